The third-order valence-electron chi connectivity index (χ3n) is 4.51. The number of fused-ring (bicyclic) bond motifs is 2. The van der Waals surface area contributed by atoms with Gasteiger partial charge >= 0.3 is 0 Å². The smallest absolute Gasteiger partial charge is 0.262 e. The summed E-state index contributed by atoms with van der Waals surface area (Å²) < 4.78 is 29.2. The van der Waals surface area contributed by atoms with E-state index in [0.717, 1.165) is 31.6 Å². The molecule has 21 heavy (non-hydrogen) atoms. The Hall–Kier alpha value is -0.920. The highest BCUT2D eigenvalue weighted by atomic mass is 32.2. The van der Waals surface area contributed by atoms with Gasteiger partial charge in [-0.1, -0.05) is 6.92 Å². The lowest BCUT2D eigenvalue weighted by atomic mass is 10.1. The molecule has 0 amide bonds. The second kappa shape index (κ2) is 5.70. The predicted octanol–water partition coefficient (Wildman–Crippen LogP) is 1.12. The summed E-state index contributed by atoms with van der Waals surface area (Å²) in [5, 5.41) is 3.71. The van der Waals surface area contributed by atoms with Gasteiger partial charge in [0.1, 0.15) is 5.82 Å². The van der Waals surface area contributed by atoms with Crippen molar-refractivity contribution < 1.29 is 8.42 Å². The summed E-state index contributed by atoms with van der Waals surface area (Å²) in [6.07, 6.45) is 5.78. The SMILES string of the molecule is CCCn1cc(S(=O)(=O)N2CCC3CCC(C2)N3)nc1C. The Balaban J connectivity index is 1.84. The number of hydrogen-bond acceptors (Lipinski definition) is 4. The Morgan fingerprint density at radius 2 is 2.10 bits per heavy atom. The average Bonchev–Trinajstić information content (AvgIpc) is 2.94. The zero-order chi connectivity index (χ0) is 15.0. The normalized spacial score (nSPS) is 27.0. The highest BCUT2D eigenvalue weighted by Crippen LogP contribution is 2.24. The highest BCUT2D eigenvalue weighted by Gasteiger charge is 2.36. The topological polar surface area (TPSA) is 67.2 Å². The van der Waals surface area contributed by atoms with Gasteiger partial charge in [-0.25, -0.2) is 13.4 Å². The molecule has 3 rings (SSSR count). The van der Waals surface area contributed by atoms with Crippen LogP contribution in [0.1, 0.15) is 38.4 Å². The lowest BCUT2D eigenvalue weighted by Gasteiger charge is -2.22. The van der Waals surface area contributed by atoms with Crippen LogP contribution in [0, 0.1) is 6.92 Å². The van der Waals surface area contributed by atoms with Crippen molar-refractivity contribution in [2.75, 3.05) is 13.1 Å². The molecule has 0 spiro atoms. The third-order valence-corrected chi connectivity index (χ3v) is 6.25. The maximum atomic E-state index is 12.8. The minimum absolute atomic E-state index is 0.200. The van der Waals surface area contributed by atoms with E-state index >= 15 is 0 Å². The fourth-order valence-corrected chi connectivity index (χ4v) is 4.83. The molecule has 6 nitrogen and oxygen atoms in total. The van der Waals surface area contributed by atoms with Crippen LogP contribution >= 0.6 is 0 Å². The Morgan fingerprint density at radius 3 is 2.86 bits per heavy atom. The molecule has 2 atom stereocenters. The van der Waals surface area contributed by atoms with E-state index in [9.17, 15) is 8.42 Å². The molecule has 118 valence electrons. The van der Waals surface area contributed by atoms with Crippen LogP contribution in [0.5, 0.6) is 0 Å². The zero-order valence-electron chi connectivity index (χ0n) is 12.7. The number of nitrogens with one attached hydrogen (secondary N) is 1. The summed E-state index contributed by atoms with van der Waals surface area (Å²) in [7, 11) is -3.47. The first-order valence-electron chi connectivity index (χ1n) is 7.80. The van der Waals surface area contributed by atoms with Crippen LogP contribution < -0.4 is 5.32 Å². The lowest BCUT2D eigenvalue weighted by Crippen LogP contribution is -2.39. The molecule has 7 heteroatoms. The van der Waals surface area contributed by atoms with E-state index in [1.54, 1.807) is 10.5 Å². The van der Waals surface area contributed by atoms with E-state index < -0.39 is 10.0 Å². The molecule has 0 saturated carbocycles. The lowest BCUT2D eigenvalue weighted by molar-refractivity contribution is 0.382. The molecule has 3 heterocycles. The van der Waals surface area contributed by atoms with Crippen LogP contribution in [-0.4, -0.2) is 47.4 Å². The summed E-state index contributed by atoms with van der Waals surface area (Å²) in [4.78, 5) is 4.28. The molecule has 2 aliphatic rings. The first kappa shape index (κ1) is 15.0. The van der Waals surface area contributed by atoms with Crippen molar-refractivity contribution in [3.05, 3.63) is 12.0 Å². The maximum absolute atomic E-state index is 12.8. The fourth-order valence-electron chi connectivity index (χ4n) is 3.33. The molecule has 1 aromatic heterocycles. The molecule has 2 saturated heterocycles. The van der Waals surface area contributed by atoms with E-state index in [2.05, 4.69) is 17.2 Å². The minimum Gasteiger partial charge on any atom is -0.334 e. The van der Waals surface area contributed by atoms with Gasteiger partial charge in [-0.3, -0.25) is 0 Å². The van der Waals surface area contributed by atoms with Gasteiger partial charge in [0.25, 0.3) is 10.0 Å². The number of hydrogen-bond donors (Lipinski definition) is 1. The molecule has 0 aromatic carbocycles. The number of rotatable bonds is 4. The number of aryl methyl sites for hydroxylation is 2. The Labute approximate surface area is 126 Å². The first-order chi connectivity index (χ1) is 10.0. The van der Waals surface area contributed by atoms with Crippen LogP contribution in [-0.2, 0) is 16.6 Å². The number of imidazole rings is 1. The summed E-state index contributed by atoms with van der Waals surface area (Å²) in [6.45, 7) is 5.90. The van der Waals surface area contributed by atoms with Gasteiger partial charge in [0.2, 0.25) is 0 Å². The van der Waals surface area contributed by atoms with Crippen molar-refractivity contribution in [3.8, 4) is 0 Å². The van der Waals surface area contributed by atoms with Gasteiger partial charge < -0.3 is 9.88 Å². The molecule has 2 bridgehead atoms. The standard InChI is InChI=1S/C14H24N4O2S/c1-3-7-17-10-14(15-11(17)2)21(19,20)18-8-6-12-4-5-13(9-18)16-12/h10,12-13,16H,3-9H2,1-2H3. The van der Waals surface area contributed by atoms with Crippen LogP contribution in [0.25, 0.3) is 0 Å². The van der Waals surface area contributed by atoms with Crippen LogP contribution in [0.3, 0.4) is 0 Å². The van der Waals surface area contributed by atoms with Crippen molar-refractivity contribution in [2.24, 2.45) is 0 Å². The maximum Gasteiger partial charge on any atom is 0.262 e. The molecule has 0 aliphatic carbocycles. The van der Waals surface area contributed by atoms with E-state index in [4.69, 9.17) is 0 Å². The Kier molecular flexibility index (Phi) is 4.07. The van der Waals surface area contributed by atoms with Gasteiger partial charge in [-0.15, -0.1) is 0 Å². The monoisotopic (exact) mass is 312 g/mol. The van der Waals surface area contributed by atoms with Crippen LogP contribution in [0.15, 0.2) is 11.2 Å². The molecule has 0 radical (unpaired) electrons. The quantitative estimate of drug-likeness (QED) is 0.904. The van der Waals surface area contributed by atoms with Crippen LogP contribution in [0.2, 0.25) is 0 Å². The van der Waals surface area contributed by atoms with Gasteiger partial charge in [0.15, 0.2) is 5.03 Å². The predicted molar refractivity (Wildman–Crippen MR) is 80.6 cm³/mol. The molecule has 2 fully saturated rings. The van der Waals surface area contributed by atoms with Gasteiger partial charge in [0.05, 0.1) is 0 Å². The summed E-state index contributed by atoms with van der Waals surface area (Å²) in [6, 6.07) is 0.778. The zero-order valence-corrected chi connectivity index (χ0v) is 13.6. The van der Waals surface area contributed by atoms with Crippen molar-refractivity contribution in [1.29, 1.82) is 0 Å². The molecule has 1 aromatic rings. The largest absolute Gasteiger partial charge is 0.334 e. The van der Waals surface area contributed by atoms with E-state index in [-0.39, 0.29) is 5.03 Å². The van der Waals surface area contributed by atoms with Gasteiger partial charge in [-0.2, -0.15) is 4.31 Å². The number of aromatic nitrogens is 2. The van der Waals surface area contributed by atoms with Crippen molar-refractivity contribution in [3.63, 3.8) is 0 Å². The Bertz CT molecular complexity index is 610. The highest BCUT2D eigenvalue weighted by molar-refractivity contribution is 7.89. The molecular weight excluding hydrogens is 288 g/mol. The molecule has 2 unspecified atom stereocenters. The average molecular weight is 312 g/mol. The first-order valence-corrected chi connectivity index (χ1v) is 9.24. The van der Waals surface area contributed by atoms with Crippen molar-refractivity contribution in [2.45, 2.75) is 63.2 Å². The number of sulfonamides is 1. The number of nitrogens with zero attached hydrogens (tertiary/aromatic N) is 3. The second-order valence-corrected chi connectivity index (χ2v) is 7.99. The summed E-state index contributed by atoms with van der Waals surface area (Å²) >= 11 is 0. The molecule has 2 aliphatic heterocycles. The van der Waals surface area contributed by atoms with Crippen LogP contribution in [0.4, 0.5) is 0 Å². The summed E-state index contributed by atoms with van der Waals surface area (Å²) in [5.74, 6) is 0.768. The minimum atomic E-state index is -3.47. The third kappa shape index (κ3) is 2.86. The van der Waals surface area contributed by atoms with E-state index in [1.165, 1.54) is 6.42 Å². The van der Waals surface area contributed by atoms with E-state index in [0.29, 0.717) is 25.2 Å². The fraction of sp³-hybridized carbons (Fsp3) is 0.786. The van der Waals surface area contributed by atoms with Crippen molar-refractivity contribution >= 4 is 10.0 Å². The van der Waals surface area contributed by atoms with Crippen molar-refractivity contribution in [1.82, 2.24) is 19.2 Å². The van der Waals surface area contributed by atoms with Gasteiger partial charge in [0, 0.05) is 37.9 Å². The molecule has 1 N–H and O–H groups in total. The molecular formula is C14H24N4O2S. The van der Waals surface area contributed by atoms with E-state index in [1.807, 2.05) is 11.5 Å². The Morgan fingerprint density at radius 1 is 1.33 bits per heavy atom. The second-order valence-electron chi connectivity index (χ2n) is 6.11. The summed E-state index contributed by atoms with van der Waals surface area (Å²) in [5.41, 5.74) is 0. The van der Waals surface area contributed by atoms with Gasteiger partial charge in [-0.05, 0) is 32.6 Å².